The largest absolute Gasteiger partial charge is 0.447 e. The lowest BCUT2D eigenvalue weighted by Gasteiger charge is -2.38. The number of carbonyl (C=O) groups is 3. The maximum absolute atomic E-state index is 13.5. The number of halogens is 1. The maximum Gasteiger partial charge on any atom is 0.417 e. The lowest BCUT2D eigenvalue weighted by Crippen LogP contribution is -2.56. The first-order valence-corrected chi connectivity index (χ1v) is 14.1. The van der Waals surface area contributed by atoms with E-state index in [9.17, 15) is 19.5 Å². The Morgan fingerprint density at radius 1 is 1.11 bits per heavy atom. The van der Waals surface area contributed by atoms with E-state index in [0.717, 1.165) is 55.4 Å². The fourth-order valence-electron chi connectivity index (χ4n) is 4.83. The number of unbranched alkanes of at least 4 members (excludes halogenated alkanes) is 7. The zero-order chi connectivity index (χ0) is 27.5. The van der Waals surface area contributed by atoms with Crippen molar-refractivity contribution in [3.63, 3.8) is 0 Å². The van der Waals surface area contributed by atoms with Crippen LogP contribution in [0.2, 0.25) is 0 Å². The van der Waals surface area contributed by atoms with Gasteiger partial charge < -0.3 is 24.4 Å². The molecule has 2 aliphatic heterocycles. The lowest BCUT2D eigenvalue weighted by atomic mass is 9.97. The van der Waals surface area contributed by atoms with Crippen LogP contribution in [0.5, 0.6) is 0 Å². The van der Waals surface area contributed by atoms with E-state index in [2.05, 4.69) is 15.9 Å². The minimum Gasteiger partial charge on any atom is -0.447 e. The molecule has 10 heteroatoms. The lowest BCUT2D eigenvalue weighted by molar-refractivity contribution is -0.227. The third-order valence-corrected chi connectivity index (χ3v) is 7.80. The van der Waals surface area contributed by atoms with Crippen molar-refractivity contribution in [2.45, 2.75) is 88.2 Å². The van der Waals surface area contributed by atoms with Crippen LogP contribution in [-0.2, 0) is 30.2 Å². The Morgan fingerprint density at radius 2 is 1.74 bits per heavy atom. The zero-order valence-corrected chi connectivity index (χ0v) is 23.4. The number of ether oxygens (including phenoxy) is 3. The molecule has 0 radical (unpaired) electrons. The first-order valence-electron chi connectivity index (χ1n) is 13.3. The molecule has 38 heavy (non-hydrogen) atoms. The minimum atomic E-state index is -1.79. The summed E-state index contributed by atoms with van der Waals surface area (Å²) in [6, 6.07) is 8.85. The van der Waals surface area contributed by atoms with Crippen LogP contribution in [0.4, 0.5) is 4.79 Å². The maximum atomic E-state index is 13.5. The molecule has 1 saturated heterocycles. The summed E-state index contributed by atoms with van der Waals surface area (Å²) in [6.07, 6.45) is 5.83. The molecule has 0 aromatic heterocycles. The predicted molar refractivity (Wildman–Crippen MR) is 143 cm³/mol. The average Bonchev–Trinajstić information content (AvgIpc) is 3.26. The Hall–Kier alpha value is -2.11. The van der Waals surface area contributed by atoms with Gasteiger partial charge in [0.1, 0.15) is 6.61 Å². The van der Waals surface area contributed by atoms with Gasteiger partial charge in [-0.25, -0.2) is 9.69 Å². The molecule has 0 aliphatic carbocycles. The third kappa shape index (κ3) is 7.95. The van der Waals surface area contributed by atoms with Crippen molar-refractivity contribution in [3.05, 3.63) is 46.5 Å². The Balaban J connectivity index is 1.61. The summed E-state index contributed by atoms with van der Waals surface area (Å²) >= 11 is 3.26. The average molecular weight is 597 g/mol. The highest BCUT2D eigenvalue weighted by Gasteiger charge is 2.50. The number of aliphatic hydroxyl groups is 2. The highest BCUT2D eigenvalue weighted by molar-refractivity contribution is 9.11. The van der Waals surface area contributed by atoms with E-state index in [1.54, 1.807) is 0 Å². The SMILES string of the molecule is CO[C@H](C(=O)N1C(=O)OC[C@@H]1Cc1ccccc1)[C@@H]1O[C@](O)(CCCCCCCCCCO)C(Br)=CC1=O. The van der Waals surface area contributed by atoms with E-state index >= 15 is 0 Å². The first-order chi connectivity index (χ1) is 18.3. The van der Waals surface area contributed by atoms with E-state index in [1.807, 2.05) is 30.3 Å². The molecule has 0 unspecified atom stereocenters. The summed E-state index contributed by atoms with van der Waals surface area (Å²) in [6.45, 7) is 0.266. The molecule has 4 atom stereocenters. The smallest absolute Gasteiger partial charge is 0.417 e. The molecule has 1 fully saturated rings. The molecule has 1 aromatic carbocycles. The van der Waals surface area contributed by atoms with Crippen molar-refractivity contribution in [3.8, 4) is 0 Å². The molecule has 210 valence electrons. The minimum absolute atomic E-state index is 0.0339. The van der Waals surface area contributed by atoms with Gasteiger partial charge in [-0.2, -0.15) is 0 Å². The van der Waals surface area contributed by atoms with E-state index < -0.39 is 41.8 Å². The Kier molecular flexibility index (Phi) is 11.9. The summed E-state index contributed by atoms with van der Waals surface area (Å²) in [7, 11) is 1.26. The van der Waals surface area contributed by atoms with E-state index in [4.69, 9.17) is 19.3 Å². The van der Waals surface area contributed by atoms with Gasteiger partial charge in [-0.3, -0.25) is 9.59 Å². The standard InChI is InChI=1S/C28H38BrNO8/c1-36-25(26(33)30-21(19-37-27(30)34)17-20-13-9-8-10-14-20)24-22(32)18-23(29)28(35,38-24)15-11-6-4-2-3-5-7-12-16-31/h8-10,13-14,18,21,24-25,31,35H,2-7,11-12,15-17,19H2,1H3/t21-,24+,25-,28+/m0/s1. The molecular formula is C28H38BrNO8. The van der Waals surface area contributed by atoms with Crippen molar-refractivity contribution in [2.75, 3.05) is 20.3 Å². The number of imide groups is 1. The predicted octanol–water partition coefficient (Wildman–Crippen LogP) is 4.03. The number of hydrogen-bond acceptors (Lipinski definition) is 8. The fraction of sp³-hybridized carbons (Fsp3) is 0.607. The zero-order valence-electron chi connectivity index (χ0n) is 21.9. The van der Waals surface area contributed by atoms with E-state index in [-0.39, 0.29) is 24.1 Å². The molecule has 2 heterocycles. The molecule has 0 bridgehead atoms. The quantitative estimate of drug-likeness (QED) is 0.291. The second-order valence-electron chi connectivity index (χ2n) is 9.80. The Morgan fingerprint density at radius 3 is 2.37 bits per heavy atom. The van der Waals surface area contributed by atoms with Gasteiger partial charge in [0, 0.05) is 20.1 Å². The monoisotopic (exact) mass is 595 g/mol. The van der Waals surface area contributed by atoms with Crippen molar-refractivity contribution < 1.29 is 38.8 Å². The van der Waals surface area contributed by atoms with Crippen LogP contribution in [0, 0.1) is 0 Å². The van der Waals surface area contributed by atoms with Crippen LogP contribution in [0.1, 0.15) is 63.4 Å². The van der Waals surface area contributed by atoms with E-state index in [1.165, 1.54) is 13.2 Å². The molecule has 0 spiro atoms. The molecular weight excluding hydrogens is 558 g/mol. The highest BCUT2D eigenvalue weighted by Crippen LogP contribution is 2.36. The summed E-state index contributed by atoms with van der Waals surface area (Å²) < 4.78 is 16.6. The van der Waals surface area contributed by atoms with Crippen LogP contribution >= 0.6 is 15.9 Å². The summed E-state index contributed by atoms with van der Waals surface area (Å²) in [5, 5.41) is 20.1. The van der Waals surface area contributed by atoms with Crippen molar-refractivity contribution in [1.82, 2.24) is 4.90 Å². The number of carbonyl (C=O) groups excluding carboxylic acids is 3. The van der Waals surface area contributed by atoms with Crippen LogP contribution in [0.25, 0.3) is 0 Å². The number of nitrogens with zero attached hydrogens (tertiary/aromatic N) is 1. The normalized spacial score (nSPS) is 24.3. The molecule has 9 nitrogen and oxygen atoms in total. The van der Waals surface area contributed by atoms with Crippen molar-refractivity contribution in [1.29, 1.82) is 0 Å². The third-order valence-electron chi connectivity index (χ3n) is 6.95. The number of amides is 2. The van der Waals surface area contributed by atoms with Gasteiger partial charge in [0.15, 0.2) is 23.8 Å². The second kappa shape index (κ2) is 14.9. The summed E-state index contributed by atoms with van der Waals surface area (Å²) in [4.78, 5) is 39.9. The van der Waals surface area contributed by atoms with Gasteiger partial charge in [0.2, 0.25) is 0 Å². The van der Waals surface area contributed by atoms with Crippen LogP contribution in [0.3, 0.4) is 0 Å². The number of aliphatic hydroxyl groups excluding tert-OH is 1. The number of cyclic esters (lactones) is 1. The van der Waals surface area contributed by atoms with Gasteiger partial charge in [0.25, 0.3) is 5.91 Å². The summed E-state index contributed by atoms with van der Waals surface area (Å²) in [5.74, 6) is -3.08. The van der Waals surface area contributed by atoms with Crippen LogP contribution in [0.15, 0.2) is 40.9 Å². The molecule has 2 N–H and O–H groups in total. The van der Waals surface area contributed by atoms with Gasteiger partial charge >= 0.3 is 6.09 Å². The van der Waals surface area contributed by atoms with Crippen molar-refractivity contribution >= 4 is 33.7 Å². The van der Waals surface area contributed by atoms with Gasteiger partial charge in [-0.15, -0.1) is 0 Å². The molecule has 1 aromatic rings. The number of methoxy groups -OCH3 is 1. The van der Waals surface area contributed by atoms with Crippen molar-refractivity contribution in [2.24, 2.45) is 0 Å². The van der Waals surface area contributed by atoms with Gasteiger partial charge in [0.05, 0.1) is 10.5 Å². The van der Waals surface area contributed by atoms with Crippen LogP contribution < -0.4 is 0 Å². The van der Waals surface area contributed by atoms with Gasteiger partial charge in [-0.1, -0.05) is 68.9 Å². The number of benzene rings is 1. The Bertz CT molecular complexity index is 971. The molecule has 2 amide bonds. The topological polar surface area (TPSA) is 123 Å². The van der Waals surface area contributed by atoms with Gasteiger partial charge in [-0.05, 0) is 46.8 Å². The number of hydrogen-bond donors (Lipinski definition) is 2. The number of rotatable bonds is 15. The molecule has 3 rings (SSSR count). The first kappa shape index (κ1) is 30.4. The highest BCUT2D eigenvalue weighted by atomic mass is 79.9. The summed E-state index contributed by atoms with van der Waals surface area (Å²) in [5.41, 5.74) is 0.930. The Labute approximate surface area is 232 Å². The molecule has 0 saturated carbocycles. The van der Waals surface area contributed by atoms with E-state index in [0.29, 0.717) is 12.8 Å². The number of ketones is 1. The van der Waals surface area contributed by atoms with Crippen LogP contribution in [-0.4, -0.2) is 77.3 Å². The molecule has 2 aliphatic rings. The second-order valence-corrected chi connectivity index (χ2v) is 10.7. The fourth-order valence-corrected chi connectivity index (χ4v) is 5.35.